The molecule has 2 rings (SSSR count). The molecule has 1 aliphatic carbocycles. The van der Waals surface area contributed by atoms with Gasteiger partial charge in [0.2, 0.25) is 0 Å². The molecule has 0 atom stereocenters. The van der Waals surface area contributed by atoms with E-state index in [1.807, 2.05) is 0 Å². The van der Waals surface area contributed by atoms with Crippen molar-refractivity contribution in [2.45, 2.75) is 114 Å². The van der Waals surface area contributed by atoms with Gasteiger partial charge in [-0.25, -0.2) is 0 Å². The summed E-state index contributed by atoms with van der Waals surface area (Å²) in [6, 6.07) is 3.37. The molecule has 0 aromatic carbocycles. The number of hydrogen-bond acceptors (Lipinski definition) is 4. The standard InChI is InChI=1S/C22H43NO4Si/c1-7-28(8-2,9-3)27-20(4,5)22(26-6)15-17-23(18-16-22)21(19(24)25)13-11-10-12-14-21/h7-18H2,1-6H3,(H,24,25). The minimum absolute atomic E-state index is 0.352. The van der Waals surface area contributed by atoms with Crippen LogP contribution in [0.15, 0.2) is 0 Å². The van der Waals surface area contributed by atoms with Crippen LogP contribution >= 0.6 is 0 Å². The number of carboxylic acids is 1. The van der Waals surface area contributed by atoms with Crippen LogP contribution in [0, 0.1) is 0 Å². The van der Waals surface area contributed by atoms with Gasteiger partial charge in [-0.2, -0.15) is 0 Å². The molecule has 1 N–H and O–H groups in total. The highest BCUT2D eigenvalue weighted by molar-refractivity contribution is 6.73. The zero-order valence-corrected chi connectivity index (χ0v) is 20.1. The summed E-state index contributed by atoms with van der Waals surface area (Å²) in [4.78, 5) is 14.5. The number of hydrogen-bond donors (Lipinski definition) is 1. The first-order valence-electron chi connectivity index (χ1n) is 11.4. The predicted molar refractivity (Wildman–Crippen MR) is 116 cm³/mol. The largest absolute Gasteiger partial charge is 0.480 e. The average Bonchev–Trinajstić information content (AvgIpc) is 2.72. The van der Waals surface area contributed by atoms with Crippen molar-refractivity contribution in [2.75, 3.05) is 20.2 Å². The number of piperidine rings is 1. The Balaban J connectivity index is 2.19. The van der Waals surface area contributed by atoms with Crippen LogP contribution in [0.2, 0.25) is 18.1 Å². The van der Waals surface area contributed by atoms with Crippen LogP contribution in [-0.2, 0) is 14.0 Å². The molecule has 1 saturated heterocycles. The number of nitrogens with zero attached hydrogens (tertiary/aromatic N) is 1. The van der Waals surface area contributed by atoms with Gasteiger partial charge in [0.15, 0.2) is 8.32 Å². The van der Waals surface area contributed by atoms with Crippen molar-refractivity contribution >= 4 is 14.3 Å². The fourth-order valence-corrected chi connectivity index (χ4v) is 8.95. The molecule has 1 aliphatic heterocycles. The highest BCUT2D eigenvalue weighted by Gasteiger charge is 2.54. The molecule has 5 nitrogen and oxygen atoms in total. The highest BCUT2D eigenvalue weighted by Crippen LogP contribution is 2.44. The molecule has 2 aliphatic rings. The van der Waals surface area contributed by atoms with E-state index in [2.05, 4.69) is 39.5 Å². The average molecular weight is 414 g/mol. The van der Waals surface area contributed by atoms with E-state index in [0.717, 1.165) is 76.2 Å². The molecule has 0 aromatic heterocycles. The summed E-state index contributed by atoms with van der Waals surface area (Å²) in [5, 5.41) is 10.0. The highest BCUT2D eigenvalue weighted by atomic mass is 28.4. The van der Waals surface area contributed by atoms with E-state index >= 15 is 0 Å². The van der Waals surface area contributed by atoms with E-state index in [0.29, 0.717) is 0 Å². The summed E-state index contributed by atoms with van der Waals surface area (Å²) < 4.78 is 13.1. The van der Waals surface area contributed by atoms with Crippen molar-refractivity contribution in [2.24, 2.45) is 0 Å². The maximum atomic E-state index is 12.2. The molecular weight excluding hydrogens is 370 g/mol. The third-order valence-electron chi connectivity index (χ3n) is 8.15. The first-order valence-corrected chi connectivity index (χ1v) is 13.9. The van der Waals surface area contributed by atoms with Crippen LogP contribution in [-0.4, -0.2) is 61.2 Å². The van der Waals surface area contributed by atoms with Crippen LogP contribution in [0.5, 0.6) is 0 Å². The number of methoxy groups -OCH3 is 1. The summed E-state index contributed by atoms with van der Waals surface area (Å²) >= 11 is 0. The van der Waals surface area contributed by atoms with Crippen molar-refractivity contribution in [3.63, 3.8) is 0 Å². The fraction of sp³-hybridized carbons (Fsp3) is 0.955. The fourth-order valence-electron chi connectivity index (χ4n) is 5.75. The van der Waals surface area contributed by atoms with Gasteiger partial charge in [-0.1, -0.05) is 40.0 Å². The van der Waals surface area contributed by atoms with Gasteiger partial charge in [-0.05, 0) is 57.7 Å². The van der Waals surface area contributed by atoms with Gasteiger partial charge in [0.05, 0.1) is 11.2 Å². The Kier molecular flexibility index (Phi) is 7.79. The summed E-state index contributed by atoms with van der Waals surface area (Å²) in [5.41, 5.74) is -1.39. The number of aliphatic carboxylic acids is 1. The van der Waals surface area contributed by atoms with Crippen LogP contribution in [0.25, 0.3) is 0 Å². The smallest absolute Gasteiger partial charge is 0.324 e. The summed E-state index contributed by atoms with van der Waals surface area (Å²) in [6.07, 6.45) is 6.40. The van der Waals surface area contributed by atoms with Gasteiger partial charge in [-0.3, -0.25) is 9.69 Å². The molecule has 164 valence electrons. The molecule has 1 heterocycles. The Morgan fingerprint density at radius 2 is 1.50 bits per heavy atom. The molecule has 0 spiro atoms. The third-order valence-corrected chi connectivity index (χ3v) is 13.0. The molecule has 28 heavy (non-hydrogen) atoms. The second-order valence-electron chi connectivity index (χ2n) is 9.44. The number of ether oxygens (including phenoxy) is 1. The van der Waals surface area contributed by atoms with Crippen molar-refractivity contribution in [3.05, 3.63) is 0 Å². The van der Waals surface area contributed by atoms with E-state index in [1.54, 1.807) is 7.11 Å². The zero-order valence-electron chi connectivity index (χ0n) is 19.1. The predicted octanol–water partition coefficient (Wildman–Crippen LogP) is 5.06. The molecule has 6 heteroatoms. The van der Waals surface area contributed by atoms with E-state index in [-0.39, 0.29) is 11.2 Å². The number of carbonyl (C=O) groups is 1. The monoisotopic (exact) mass is 413 g/mol. The van der Waals surface area contributed by atoms with Crippen LogP contribution in [0.1, 0.15) is 79.6 Å². The summed E-state index contributed by atoms with van der Waals surface area (Å²) in [7, 11) is 0.0372. The second-order valence-corrected chi connectivity index (χ2v) is 14.1. The Morgan fingerprint density at radius 1 is 1.00 bits per heavy atom. The molecule has 2 fully saturated rings. The van der Waals surface area contributed by atoms with Gasteiger partial charge in [0, 0.05) is 20.2 Å². The van der Waals surface area contributed by atoms with Gasteiger partial charge in [-0.15, -0.1) is 0 Å². The molecule has 1 saturated carbocycles. The van der Waals surface area contributed by atoms with Crippen molar-refractivity contribution in [3.8, 4) is 0 Å². The van der Waals surface area contributed by atoms with Crippen LogP contribution < -0.4 is 0 Å². The van der Waals surface area contributed by atoms with Gasteiger partial charge in [0.25, 0.3) is 0 Å². The van der Waals surface area contributed by atoms with Gasteiger partial charge < -0.3 is 14.3 Å². The summed E-state index contributed by atoms with van der Waals surface area (Å²) in [6.45, 7) is 12.7. The maximum absolute atomic E-state index is 12.2. The van der Waals surface area contributed by atoms with Gasteiger partial charge in [0.1, 0.15) is 5.54 Å². The van der Waals surface area contributed by atoms with Crippen molar-refractivity contribution in [1.82, 2.24) is 4.90 Å². The molecule has 0 unspecified atom stereocenters. The quantitative estimate of drug-likeness (QED) is 0.536. The van der Waals surface area contributed by atoms with Crippen molar-refractivity contribution in [1.29, 1.82) is 0 Å². The number of carboxylic acid groups (broad SMARTS) is 1. The number of likely N-dealkylation sites (tertiary alicyclic amines) is 1. The van der Waals surface area contributed by atoms with Crippen LogP contribution in [0.4, 0.5) is 0 Å². The molecule has 0 aromatic rings. The second kappa shape index (κ2) is 9.15. The maximum Gasteiger partial charge on any atom is 0.324 e. The Bertz CT molecular complexity index is 510. The lowest BCUT2D eigenvalue weighted by molar-refractivity contribution is -0.183. The lowest BCUT2D eigenvalue weighted by Crippen LogP contribution is -2.66. The third kappa shape index (κ3) is 4.21. The van der Waals surface area contributed by atoms with E-state index in [9.17, 15) is 9.90 Å². The van der Waals surface area contributed by atoms with E-state index < -0.39 is 19.8 Å². The topological polar surface area (TPSA) is 59.0 Å². The first kappa shape index (κ1) is 23.8. The minimum atomic E-state index is -1.77. The lowest BCUT2D eigenvalue weighted by Gasteiger charge is -2.55. The lowest BCUT2D eigenvalue weighted by atomic mass is 9.74. The number of rotatable bonds is 9. The van der Waals surface area contributed by atoms with Crippen LogP contribution in [0.3, 0.4) is 0 Å². The SMILES string of the molecule is CC[Si](CC)(CC)OC(C)(C)C1(OC)CCN(C2(C(=O)O)CCCCC2)CC1. The Hall–Kier alpha value is -0.433. The molecule has 0 bridgehead atoms. The summed E-state index contributed by atoms with van der Waals surface area (Å²) in [5.74, 6) is -0.637. The first-order chi connectivity index (χ1) is 13.2. The zero-order chi connectivity index (χ0) is 21.1. The minimum Gasteiger partial charge on any atom is -0.480 e. The van der Waals surface area contributed by atoms with E-state index in [4.69, 9.17) is 9.16 Å². The molecule has 0 amide bonds. The van der Waals surface area contributed by atoms with Gasteiger partial charge >= 0.3 is 5.97 Å². The molecule has 0 radical (unpaired) electrons. The Labute approximate surface area is 173 Å². The van der Waals surface area contributed by atoms with E-state index in [1.165, 1.54) is 0 Å². The molecular formula is C22H43NO4Si. The Morgan fingerprint density at radius 3 is 1.89 bits per heavy atom. The normalized spacial score (nSPS) is 23.5. The van der Waals surface area contributed by atoms with Crippen molar-refractivity contribution < 1.29 is 19.1 Å².